The maximum absolute atomic E-state index is 12.9. The number of aromatic carboxylic acids is 1. The number of carboxylic acids is 1. The predicted octanol–water partition coefficient (Wildman–Crippen LogP) is 2.85. The van der Waals surface area contributed by atoms with Crippen molar-refractivity contribution in [2.75, 3.05) is 0 Å². The lowest BCUT2D eigenvalue weighted by Crippen LogP contribution is -1.98. The fourth-order valence-electron chi connectivity index (χ4n) is 1.26. The molecule has 0 fully saturated rings. The van der Waals surface area contributed by atoms with Gasteiger partial charge in [0.05, 0.1) is 5.56 Å². The second-order valence-electron chi connectivity index (χ2n) is 3.37. The van der Waals surface area contributed by atoms with Gasteiger partial charge in [0, 0.05) is 18.3 Å². The first-order valence-corrected chi connectivity index (χ1v) is 4.88. The Kier molecular flexibility index (Phi) is 3.18. The summed E-state index contributed by atoms with van der Waals surface area (Å²) in [5, 5.41) is 8.76. The predicted molar refractivity (Wildman–Crippen MR) is 57.6 cm³/mol. The van der Waals surface area contributed by atoms with E-state index < -0.39 is 17.6 Å². The van der Waals surface area contributed by atoms with Crippen LogP contribution in [0.15, 0.2) is 36.5 Å². The number of hydrogen-bond acceptors (Lipinski definition) is 3. The molecule has 1 heterocycles. The van der Waals surface area contributed by atoms with Crippen molar-refractivity contribution in [2.24, 2.45) is 0 Å². The lowest BCUT2D eigenvalue weighted by molar-refractivity contribution is 0.0696. The Balaban J connectivity index is 2.25. The third kappa shape index (κ3) is 2.60. The van der Waals surface area contributed by atoms with Crippen LogP contribution in [0.4, 0.5) is 8.78 Å². The van der Waals surface area contributed by atoms with Crippen molar-refractivity contribution < 1.29 is 23.4 Å². The van der Waals surface area contributed by atoms with Crippen LogP contribution in [0.1, 0.15) is 10.4 Å². The monoisotopic (exact) mass is 251 g/mol. The standard InChI is InChI=1S/C12H7F2NO3/c13-9-2-1-8(6-10(9)14)18-11-5-7(12(16)17)3-4-15-11/h1-6H,(H,16,17). The molecule has 4 nitrogen and oxygen atoms in total. The molecular weight excluding hydrogens is 244 g/mol. The first-order chi connectivity index (χ1) is 8.56. The number of halogens is 2. The number of benzene rings is 1. The topological polar surface area (TPSA) is 59.4 Å². The van der Waals surface area contributed by atoms with Gasteiger partial charge in [0.1, 0.15) is 5.75 Å². The molecular formula is C12H7F2NO3. The molecule has 0 saturated heterocycles. The number of hydrogen-bond donors (Lipinski definition) is 1. The van der Waals surface area contributed by atoms with Crippen molar-refractivity contribution in [3.05, 3.63) is 53.7 Å². The first-order valence-electron chi connectivity index (χ1n) is 4.88. The van der Waals surface area contributed by atoms with Crippen LogP contribution in [0.25, 0.3) is 0 Å². The number of rotatable bonds is 3. The van der Waals surface area contributed by atoms with Crippen LogP contribution in [-0.2, 0) is 0 Å². The summed E-state index contributed by atoms with van der Waals surface area (Å²) in [6, 6.07) is 5.45. The fourth-order valence-corrected chi connectivity index (χ4v) is 1.26. The van der Waals surface area contributed by atoms with E-state index in [9.17, 15) is 13.6 Å². The summed E-state index contributed by atoms with van der Waals surface area (Å²) in [6.45, 7) is 0. The van der Waals surface area contributed by atoms with Gasteiger partial charge in [-0.05, 0) is 18.2 Å². The lowest BCUT2D eigenvalue weighted by atomic mass is 10.3. The average Bonchev–Trinajstić information content (AvgIpc) is 2.34. The Morgan fingerprint density at radius 1 is 1.17 bits per heavy atom. The van der Waals surface area contributed by atoms with Crippen LogP contribution in [0, 0.1) is 11.6 Å². The normalized spacial score (nSPS) is 10.1. The molecule has 1 aromatic carbocycles. The lowest BCUT2D eigenvalue weighted by Gasteiger charge is -2.05. The molecule has 2 aromatic rings. The summed E-state index contributed by atoms with van der Waals surface area (Å²) >= 11 is 0. The number of nitrogens with zero attached hydrogens (tertiary/aromatic N) is 1. The minimum atomic E-state index is -1.13. The van der Waals surface area contributed by atoms with E-state index in [0.29, 0.717) is 0 Å². The summed E-state index contributed by atoms with van der Waals surface area (Å²) in [7, 11) is 0. The molecule has 0 aliphatic heterocycles. The van der Waals surface area contributed by atoms with Gasteiger partial charge in [-0.2, -0.15) is 0 Å². The summed E-state index contributed by atoms with van der Waals surface area (Å²) in [6.07, 6.45) is 1.25. The Bertz CT molecular complexity index is 602. The van der Waals surface area contributed by atoms with Gasteiger partial charge in [0.25, 0.3) is 0 Å². The van der Waals surface area contributed by atoms with Gasteiger partial charge in [-0.25, -0.2) is 18.6 Å². The van der Waals surface area contributed by atoms with Crippen LogP contribution in [0.2, 0.25) is 0 Å². The number of aromatic nitrogens is 1. The highest BCUT2D eigenvalue weighted by atomic mass is 19.2. The number of pyridine rings is 1. The van der Waals surface area contributed by atoms with E-state index in [1.165, 1.54) is 24.4 Å². The molecule has 0 atom stereocenters. The number of carbonyl (C=O) groups is 1. The van der Waals surface area contributed by atoms with Crippen molar-refractivity contribution in [1.82, 2.24) is 4.98 Å². The van der Waals surface area contributed by atoms with Crippen molar-refractivity contribution in [1.29, 1.82) is 0 Å². The molecule has 0 radical (unpaired) electrons. The van der Waals surface area contributed by atoms with E-state index in [2.05, 4.69) is 4.98 Å². The summed E-state index contributed by atoms with van der Waals surface area (Å²) in [5.74, 6) is -3.16. The molecule has 0 amide bonds. The van der Waals surface area contributed by atoms with Crippen molar-refractivity contribution in [3.8, 4) is 11.6 Å². The molecule has 0 unspecified atom stereocenters. The quantitative estimate of drug-likeness (QED) is 0.911. The Morgan fingerprint density at radius 2 is 1.94 bits per heavy atom. The van der Waals surface area contributed by atoms with E-state index in [1.807, 2.05) is 0 Å². The van der Waals surface area contributed by atoms with Crippen molar-refractivity contribution in [3.63, 3.8) is 0 Å². The molecule has 2 rings (SSSR count). The van der Waals surface area contributed by atoms with Gasteiger partial charge >= 0.3 is 5.97 Å². The average molecular weight is 251 g/mol. The molecule has 0 aliphatic rings. The van der Waals surface area contributed by atoms with E-state index in [4.69, 9.17) is 9.84 Å². The number of ether oxygens (including phenoxy) is 1. The van der Waals surface area contributed by atoms with Gasteiger partial charge in [-0.15, -0.1) is 0 Å². The zero-order valence-electron chi connectivity index (χ0n) is 8.93. The van der Waals surface area contributed by atoms with E-state index in [0.717, 1.165) is 12.1 Å². The SMILES string of the molecule is O=C(O)c1ccnc(Oc2ccc(F)c(F)c2)c1. The highest BCUT2D eigenvalue weighted by Gasteiger charge is 2.08. The van der Waals surface area contributed by atoms with Crippen LogP contribution in [0.3, 0.4) is 0 Å². The molecule has 18 heavy (non-hydrogen) atoms. The third-order valence-electron chi connectivity index (χ3n) is 2.10. The second-order valence-corrected chi connectivity index (χ2v) is 3.37. The van der Waals surface area contributed by atoms with Crippen molar-refractivity contribution >= 4 is 5.97 Å². The Labute approximate surface area is 100 Å². The summed E-state index contributed by atoms with van der Waals surface area (Å²) < 4.78 is 30.7. The van der Waals surface area contributed by atoms with Gasteiger partial charge in [0.2, 0.25) is 5.88 Å². The number of carboxylic acid groups (broad SMARTS) is 1. The molecule has 0 bridgehead atoms. The Hall–Kier alpha value is -2.50. The van der Waals surface area contributed by atoms with E-state index >= 15 is 0 Å². The van der Waals surface area contributed by atoms with Gasteiger partial charge in [-0.3, -0.25) is 0 Å². The van der Waals surface area contributed by atoms with Crippen LogP contribution in [-0.4, -0.2) is 16.1 Å². The minimum absolute atomic E-state index is 0.0115. The van der Waals surface area contributed by atoms with E-state index in [1.54, 1.807) is 0 Å². The van der Waals surface area contributed by atoms with Gasteiger partial charge in [-0.1, -0.05) is 0 Å². The van der Waals surface area contributed by atoms with Crippen LogP contribution in [0.5, 0.6) is 11.6 Å². The molecule has 0 spiro atoms. The molecule has 0 saturated carbocycles. The molecule has 0 aliphatic carbocycles. The zero-order valence-corrected chi connectivity index (χ0v) is 8.93. The largest absolute Gasteiger partial charge is 0.478 e. The second kappa shape index (κ2) is 4.79. The molecule has 1 N–H and O–H groups in total. The molecule has 6 heteroatoms. The fraction of sp³-hybridized carbons (Fsp3) is 0. The minimum Gasteiger partial charge on any atom is -0.478 e. The van der Waals surface area contributed by atoms with E-state index in [-0.39, 0.29) is 17.2 Å². The maximum Gasteiger partial charge on any atom is 0.335 e. The maximum atomic E-state index is 12.9. The van der Waals surface area contributed by atoms with Gasteiger partial charge < -0.3 is 9.84 Å². The first kappa shape index (κ1) is 12.0. The molecule has 1 aromatic heterocycles. The van der Waals surface area contributed by atoms with Gasteiger partial charge in [0.15, 0.2) is 11.6 Å². The smallest absolute Gasteiger partial charge is 0.335 e. The molecule has 92 valence electrons. The van der Waals surface area contributed by atoms with Crippen molar-refractivity contribution in [2.45, 2.75) is 0 Å². The van der Waals surface area contributed by atoms with Crippen LogP contribution < -0.4 is 4.74 Å². The van der Waals surface area contributed by atoms with Crippen LogP contribution >= 0.6 is 0 Å². The summed E-state index contributed by atoms with van der Waals surface area (Å²) in [4.78, 5) is 14.5. The Morgan fingerprint density at radius 3 is 2.61 bits per heavy atom. The summed E-state index contributed by atoms with van der Waals surface area (Å²) in [5.41, 5.74) is -0.0115. The third-order valence-corrected chi connectivity index (χ3v) is 2.10. The zero-order chi connectivity index (χ0) is 13.1. The highest BCUT2D eigenvalue weighted by Crippen LogP contribution is 2.22. The highest BCUT2D eigenvalue weighted by molar-refractivity contribution is 5.87.